The SMILES string of the molecule is COc1cccc(/C(O)=C2/C(=O)C(=O)N(Cc3cccnc3)C2c2ccc(C(C)(C)C)cc2)c1. The highest BCUT2D eigenvalue weighted by atomic mass is 16.5. The Labute approximate surface area is 199 Å². The molecule has 3 aromatic rings. The third kappa shape index (κ3) is 4.44. The summed E-state index contributed by atoms with van der Waals surface area (Å²) in [6.07, 6.45) is 3.32. The normalized spacial score (nSPS) is 17.8. The number of carbonyl (C=O) groups excluding carboxylic acids is 2. The lowest BCUT2D eigenvalue weighted by Crippen LogP contribution is -2.29. The Morgan fingerprint density at radius 1 is 1.06 bits per heavy atom. The van der Waals surface area contributed by atoms with Gasteiger partial charge in [-0.1, -0.05) is 63.2 Å². The Balaban J connectivity index is 1.86. The molecule has 2 heterocycles. The number of likely N-dealkylation sites (tertiary alicyclic amines) is 1. The topological polar surface area (TPSA) is 79.7 Å². The number of hydrogen-bond acceptors (Lipinski definition) is 5. The highest BCUT2D eigenvalue weighted by Crippen LogP contribution is 2.41. The standard InChI is InChI=1S/C28H28N2O4/c1-28(2,3)21-12-10-19(11-13-21)24-23(25(31)20-8-5-9-22(15-20)34-4)26(32)27(33)30(24)17-18-7-6-14-29-16-18/h5-16,24,31H,17H2,1-4H3/b25-23-. The van der Waals surface area contributed by atoms with Gasteiger partial charge >= 0.3 is 0 Å². The Kier molecular flexibility index (Phi) is 6.24. The highest BCUT2D eigenvalue weighted by Gasteiger charge is 2.46. The first kappa shape index (κ1) is 23.2. The second-order valence-electron chi connectivity index (χ2n) is 9.39. The van der Waals surface area contributed by atoms with Crippen molar-refractivity contribution < 1.29 is 19.4 Å². The number of Topliss-reactive ketones (excluding diaryl/α,β-unsaturated/α-hetero) is 1. The summed E-state index contributed by atoms with van der Waals surface area (Å²) in [7, 11) is 1.53. The molecule has 1 aromatic heterocycles. The van der Waals surface area contributed by atoms with E-state index in [1.165, 1.54) is 12.0 Å². The predicted molar refractivity (Wildman–Crippen MR) is 130 cm³/mol. The van der Waals surface area contributed by atoms with Crippen molar-refractivity contribution in [2.75, 3.05) is 7.11 Å². The van der Waals surface area contributed by atoms with Crippen molar-refractivity contribution in [3.05, 3.63) is 101 Å². The lowest BCUT2D eigenvalue weighted by atomic mass is 9.85. The van der Waals surface area contributed by atoms with E-state index in [1.807, 2.05) is 30.3 Å². The number of aliphatic hydroxyl groups excluding tert-OH is 1. The molecule has 0 spiro atoms. The number of methoxy groups -OCH3 is 1. The van der Waals surface area contributed by atoms with Gasteiger partial charge in [0.1, 0.15) is 11.5 Å². The van der Waals surface area contributed by atoms with Gasteiger partial charge in [0.25, 0.3) is 11.7 Å². The van der Waals surface area contributed by atoms with Crippen LogP contribution in [-0.2, 0) is 21.5 Å². The van der Waals surface area contributed by atoms with Crippen LogP contribution in [0.3, 0.4) is 0 Å². The summed E-state index contributed by atoms with van der Waals surface area (Å²) in [5, 5.41) is 11.2. The van der Waals surface area contributed by atoms with Gasteiger partial charge in [-0.2, -0.15) is 0 Å². The molecule has 4 rings (SSSR count). The van der Waals surface area contributed by atoms with Crippen LogP contribution in [0.2, 0.25) is 0 Å². The minimum Gasteiger partial charge on any atom is -0.507 e. The Morgan fingerprint density at radius 3 is 2.41 bits per heavy atom. The summed E-state index contributed by atoms with van der Waals surface area (Å²) >= 11 is 0. The second-order valence-corrected chi connectivity index (χ2v) is 9.39. The number of aliphatic hydroxyl groups is 1. The number of benzene rings is 2. The zero-order valence-electron chi connectivity index (χ0n) is 19.8. The average Bonchev–Trinajstić information content (AvgIpc) is 3.08. The first-order valence-electron chi connectivity index (χ1n) is 11.1. The monoisotopic (exact) mass is 456 g/mol. The largest absolute Gasteiger partial charge is 0.507 e. The van der Waals surface area contributed by atoms with Crippen molar-refractivity contribution in [2.45, 2.75) is 38.8 Å². The molecule has 1 aliphatic heterocycles. The van der Waals surface area contributed by atoms with Crippen LogP contribution in [0.1, 0.15) is 49.1 Å². The second kappa shape index (κ2) is 9.14. The van der Waals surface area contributed by atoms with Gasteiger partial charge in [0.15, 0.2) is 0 Å². The zero-order valence-corrected chi connectivity index (χ0v) is 19.8. The predicted octanol–water partition coefficient (Wildman–Crippen LogP) is 5.01. The number of aromatic nitrogens is 1. The smallest absolute Gasteiger partial charge is 0.295 e. The van der Waals surface area contributed by atoms with Gasteiger partial charge in [0.05, 0.1) is 18.7 Å². The minimum atomic E-state index is -0.736. The average molecular weight is 457 g/mol. The summed E-state index contributed by atoms with van der Waals surface area (Å²) in [5.41, 5.74) is 3.10. The van der Waals surface area contributed by atoms with Gasteiger partial charge in [0.2, 0.25) is 0 Å². The fourth-order valence-corrected chi connectivity index (χ4v) is 4.17. The molecule has 174 valence electrons. The van der Waals surface area contributed by atoms with Crippen molar-refractivity contribution in [1.82, 2.24) is 9.88 Å². The summed E-state index contributed by atoms with van der Waals surface area (Å²) in [5.74, 6) is -1.05. The first-order valence-corrected chi connectivity index (χ1v) is 11.1. The number of ether oxygens (including phenoxy) is 1. The number of rotatable bonds is 5. The van der Waals surface area contributed by atoms with E-state index < -0.39 is 17.7 Å². The molecular formula is C28H28N2O4. The van der Waals surface area contributed by atoms with Gasteiger partial charge in [0, 0.05) is 24.5 Å². The third-order valence-corrected chi connectivity index (χ3v) is 6.05. The number of ketones is 1. The molecule has 34 heavy (non-hydrogen) atoms. The molecule has 0 saturated carbocycles. The number of pyridine rings is 1. The molecule has 1 saturated heterocycles. The van der Waals surface area contributed by atoms with Gasteiger partial charge in [-0.15, -0.1) is 0 Å². The van der Waals surface area contributed by atoms with E-state index in [1.54, 1.807) is 42.7 Å². The zero-order chi connectivity index (χ0) is 24.5. The summed E-state index contributed by atoms with van der Waals surface area (Å²) in [6.45, 7) is 6.57. The molecule has 0 bridgehead atoms. The highest BCUT2D eigenvalue weighted by molar-refractivity contribution is 6.46. The van der Waals surface area contributed by atoms with Crippen molar-refractivity contribution in [3.8, 4) is 5.75 Å². The van der Waals surface area contributed by atoms with Crippen molar-refractivity contribution >= 4 is 17.4 Å². The van der Waals surface area contributed by atoms with Crippen LogP contribution in [0.15, 0.2) is 78.6 Å². The summed E-state index contributed by atoms with van der Waals surface area (Å²) in [6, 6.07) is 17.6. The van der Waals surface area contributed by atoms with Gasteiger partial charge in [-0.05, 0) is 40.3 Å². The van der Waals surface area contributed by atoms with E-state index in [0.717, 1.165) is 16.7 Å². The van der Waals surface area contributed by atoms with Crippen LogP contribution >= 0.6 is 0 Å². The Morgan fingerprint density at radius 2 is 1.79 bits per heavy atom. The molecular weight excluding hydrogens is 428 g/mol. The summed E-state index contributed by atoms with van der Waals surface area (Å²) in [4.78, 5) is 32.0. The van der Waals surface area contributed by atoms with E-state index >= 15 is 0 Å². The van der Waals surface area contributed by atoms with Crippen LogP contribution in [0.25, 0.3) is 5.76 Å². The number of hydrogen-bond donors (Lipinski definition) is 1. The van der Waals surface area contributed by atoms with Gasteiger partial charge < -0.3 is 14.7 Å². The fraction of sp³-hybridized carbons (Fsp3) is 0.250. The van der Waals surface area contributed by atoms with Gasteiger partial charge in [-0.3, -0.25) is 14.6 Å². The quantitative estimate of drug-likeness (QED) is 0.332. The van der Waals surface area contributed by atoms with Gasteiger partial charge in [-0.25, -0.2) is 0 Å². The Bertz CT molecular complexity index is 1240. The third-order valence-electron chi connectivity index (χ3n) is 6.05. The molecule has 2 aromatic carbocycles. The molecule has 6 heteroatoms. The number of amides is 1. The molecule has 6 nitrogen and oxygen atoms in total. The lowest BCUT2D eigenvalue weighted by molar-refractivity contribution is -0.140. The van der Waals surface area contributed by atoms with Crippen LogP contribution in [0.4, 0.5) is 0 Å². The number of nitrogens with zero attached hydrogens (tertiary/aromatic N) is 2. The molecule has 0 radical (unpaired) electrons. The number of carbonyl (C=O) groups is 2. The fourth-order valence-electron chi connectivity index (χ4n) is 4.17. The van der Waals surface area contributed by atoms with Crippen molar-refractivity contribution in [2.24, 2.45) is 0 Å². The van der Waals surface area contributed by atoms with Crippen molar-refractivity contribution in [3.63, 3.8) is 0 Å². The van der Waals surface area contributed by atoms with Crippen LogP contribution in [-0.4, -0.2) is 33.8 Å². The molecule has 1 unspecified atom stereocenters. The summed E-state index contributed by atoms with van der Waals surface area (Å²) < 4.78 is 5.27. The molecule has 1 fully saturated rings. The Hall–Kier alpha value is -3.93. The maximum Gasteiger partial charge on any atom is 0.295 e. The molecule has 0 aliphatic carbocycles. The minimum absolute atomic E-state index is 0.0450. The molecule has 1 aliphatic rings. The maximum absolute atomic E-state index is 13.2. The van der Waals surface area contributed by atoms with Crippen LogP contribution in [0.5, 0.6) is 5.75 Å². The maximum atomic E-state index is 13.2. The van der Waals surface area contributed by atoms with E-state index in [2.05, 4.69) is 25.8 Å². The van der Waals surface area contributed by atoms with Crippen molar-refractivity contribution in [1.29, 1.82) is 0 Å². The van der Waals surface area contributed by atoms with Crippen LogP contribution in [0, 0.1) is 0 Å². The first-order chi connectivity index (χ1) is 16.2. The van der Waals surface area contributed by atoms with E-state index in [4.69, 9.17) is 4.74 Å². The van der Waals surface area contributed by atoms with E-state index in [9.17, 15) is 14.7 Å². The molecule has 1 N–H and O–H groups in total. The van der Waals surface area contributed by atoms with Crippen LogP contribution < -0.4 is 4.74 Å². The van der Waals surface area contributed by atoms with E-state index in [-0.39, 0.29) is 23.3 Å². The molecule has 1 amide bonds. The van der Waals surface area contributed by atoms with E-state index in [0.29, 0.717) is 11.3 Å². The molecule has 1 atom stereocenters. The lowest BCUT2D eigenvalue weighted by Gasteiger charge is -2.26.